The minimum absolute atomic E-state index is 0.0407. The molecule has 2 bridgehead atoms. The Bertz CT molecular complexity index is 681. The molecule has 1 N–H and O–H groups in total. The van der Waals surface area contributed by atoms with Crippen LogP contribution in [0.15, 0.2) is 11.6 Å². The fourth-order valence-electron chi connectivity index (χ4n) is 5.67. The predicted octanol–water partition coefficient (Wildman–Crippen LogP) is 1.12. The van der Waals surface area contributed by atoms with Crippen LogP contribution in [0.1, 0.15) is 40.5 Å². The molecule has 0 aromatic carbocycles. The van der Waals surface area contributed by atoms with Crippen LogP contribution in [-0.4, -0.2) is 60.3 Å². The fraction of sp³-hybridized carbons (Fsp3) is 0.789. The van der Waals surface area contributed by atoms with Gasteiger partial charge in [0, 0.05) is 19.3 Å². The van der Waals surface area contributed by atoms with Gasteiger partial charge in [-0.25, -0.2) is 0 Å². The Morgan fingerprint density at radius 3 is 2.62 bits per heavy atom. The van der Waals surface area contributed by atoms with E-state index in [0.29, 0.717) is 19.4 Å². The molecule has 7 atom stereocenters. The molecular weight excluding hydrogens is 340 g/mol. The lowest BCUT2D eigenvalue weighted by molar-refractivity contribution is -0.252. The summed E-state index contributed by atoms with van der Waals surface area (Å²) in [6, 6.07) is 0. The Balaban J connectivity index is 1.82. The van der Waals surface area contributed by atoms with Gasteiger partial charge >= 0.3 is 11.9 Å². The molecule has 0 amide bonds. The van der Waals surface area contributed by atoms with Gasteiger partial charge in [-0.1, -0.05) is 18.6 Å². The Hall–Kier alpha value is -1.44. The van der Waals surface area contributed by atoms with Crippen LogP contribution in [0, 0.1) is 10.8 Å². The highest BCUT2D eigenvalue weighted by Gasteiger charge is 2.83. The zero-order valence-electron chi connectivity index (χ0n) is 15.6. The van der Waals surface area contributed by atoms with Crippen molar-refractivity contribution in [1.29, 1.82) is 0 Å². The molecule has 3 fully saturated rings. The van der Waals surface area contributed by atoms with Crippen LogP contribution in [0.25, 0.3) is 0 Å². The number of ether oxygens (including phenoxy) is 4. The monoisotopic (exact) mass is 366 g/mol. The van der Waals surface area contributed by atoms with E-state index in [4.69, 9.17) is 18.9 Å². The second-order valence-electron chi connectivity index (χ2n) is 8.39. The molecule has 26 heavy (non-hydrogen) atoms. The van der Waals surface area contributed by atoms with Gasteiger partial charge in [0.05, 0.1) is 24.2 Å². The smallest absolute Gasteiger partial charge is 0.302 e. The molecule has 4 aliphatic rings. The lowest BCUT2D eigenvalue weighted by Crippen LogP contribution is -2.69. The molecule has 4 rings (SSSR count). The molecule has 7 nitrogen and oxygen atoms in total. The highest BCUT2D eigenvalue weighted by Crippen LogP contribution is 2.71. The lowest BCUT2D eigenvalue weighted by atomic mass is 9.51. The van der Waals surface area contributed by atoms with Gasteiger partial charge in [-0.15, -0.1) is 0 Å². The Kier molecular flexibility index (Phi) is 3.82. The van der Waals surface area contributed by atoms with Gasteiger partial charge in [0.15, 0.2) is 0 Å². The van der Waals surface area contributed by atoms with E-state index in [9.17, 15) is 14.7 Å². The maximum Gasteiger partial charge on any atom is 0.302 e. The van der Waals surface area contributed by atoms with Crippen molar-refractivity contribution in [3.63, 3.8) is 0 Å². The first-order valence-electron chi connectivity index (χ1n) is 9.12. The summed E-state index contributed by atoms with van der Waals surface area (Å²) in [4.78, 5) is 23.2. The van der Waals surface area contributed by atoms with Crippen molar-refractivity contribution in [3.8, 4) is 0 Å². The van der Waals surface area contributed by atoms with Gasteiger partial charge in [0.1, 0.15) is 24.4 Å². The largest absolute Gasteiger partial charge is 0.465 e. The first-order valence-corrected chi connectivity index (χ1v) is 9.12. The molecule has 1 spiro atoms. The SMILES string of the molecule is CC(=O)OCC12C(O)CC(C)=CC1OC1C(OC(C)=O)CC2(C)C12CO2. The molecular formula is C19H26O7. The maximum atomic E-state index is 11.6. The van der Waals surface area contributed by atoms with E-state index in [1.54, 1.807) is 0 Å². The predicted molar refractivity (Wildman–Crippen MR) is 89.1 cm³/mol. The number of fused-ring (bicyclic) bond motifs is 2. The second kappa shape index (κ2) is 5.53. The number of hydrogen-bond acceptors (Lipinski definition) is 7. The van der Waals surface area contributed by atoms with E-state index in [1.165, 1.54) is 13.8 Å². The molecule has 0 aromatic heterocycles. The molecule has 7 unspecified atom stereocenters. The Morgan fingerprint density at radius 2 is 2.04 bits per heavy atom. The van der Waals surface area contributed by atoms with E-state index in [2.05, 4.69) is 0 Å². The van der Waals surface area contributed by atoms with E-state index < -0.39 is 40.7 Å². The van der Waals surface area contributed by atoms with E-state index in [-0.39, 0.29) is 18.7 Å². The van der Waals surface area contributed by atoms with Crippen molar-refractivity contribution < 1.29 is 33.6 Å². The number of rotatable bonds is 3. The minimum Gasteiger partial charge on any atom is -0.465 e. The first kappa shape index (κ1) is 17.9. The molecule has 2 heterocycles. The zero-order chi connectivity index (χ0) is 18.9. The molecule has 1 saturated carbocycles. The first-order chi connectivity index (χ1) is 12.2. The number of hydrogen-bond donors (Lipinski definition) is 1. The summed E-state index contributed by atoms with van der Waals surface area (Å²) in [6.07, 6.45) is 0.972. The summed E-state index contributed by atoms with van der Waals surface area (Å²) in [6.45, 7) is 7.26. The van der Waals surface area contributed by atoms with Gasteiger partial charge in [-0.2, -0.15) is 0 Å². The second-order valence-corrected chi connectivity index (χ2v) is 8.39. The third-order valence-corrected chi connectivity index (χ3v) is 7.00. The number of esters is 2. The van der Waals surface area contributed by atoms with Crippen LogP contribution in [0.2, 0.25) is 0 Å². The highest BCUT2D eigenvalue weighted by atomic mass is 16.7. The lowest BCUT2D eigenvalue weighted by Gasteiger charge is -2.59. The van der Waals surface area contributed by atoms with Gasteiger partial charge in [0.25, 0.3) is 0 Å². The molecule has 7 heteroatoms. The topological polar surface area (TPSA) is 94.6 Å². The normalized spacial score (nSPS) is 48.6. The van der Waals surface area contributed by atoms with Crippen molar-refractivity contribution in [3.05, 3.63) is 11.6 Å². The number of carbonyl (C=O) groups is 2. The highest BCUT2D eigenvalue weighted by molar-refractivity contribution is 5.66. The average molecular weight is 366 g/mol. The van der Waals surface area contributed by atoms with Crippen molar-refractivity contribution in [1.82, 2.24) is 0 Å². The van der Waals surface area contributed by atoms with Crippen LogP contribution in [0.3, 0.4) is 0 Å². The van der Waals surface area contributed by atoms with Crippen LogP contribution in [-0.2, 0) is 28.5 Å². The fourth-order valence-corrected chi connectivity index (χ4v) is 5.67. The van der Waals surface area contributed by atoms with Crippen molar-refractivity contribution in [2.24, 2.45) is 10.8 Å². The van der Waals surface area contributed by atoms with Gasteiger partial charge in [-0.05, 0) is 19.8 Å². The van der Waals surface area contributed by atoms with E-state index in [0.717, 1.165) is 5.57 Å². The molecule has 0 radical (unpaired) electrons. The summed E-state index contributed by atoms with van der Waals surface area (Å²) in [5.41, 5.74) is -0.996. The molecule has 2 aliphatic heterocycles. The van der Waals surface area contributed by atoms with Crippen molar-refractivity contribution in [2.75, 3.05) is 13.2 Å². The Morgan fingerprint density at radius 1 is 1.35 bits per heavy atom. The minimum atomic E-state index is -0.847. The standard InChI is InChI=1S/C19H26O7/c1-10-5-14(22)18(8-23-11(2)20)15(6-10)26-16-13(25-12(3)21)7-17(18,4)19(16)9-24-19/h6,13-16,22H,5,7-9H2,1-4H3. The van der Waals surface area contributed by atoms with Crippen molar-refractivity contribution in [2.45, 2.75) is 70.6 Å². The van der Waals surface area contributed by atoms with E-state index >= 15 is 0 Å². The van der Waals surface area contributed by atoms with Crippen LogP contribution < -0.4 is 0 Å². The summed E-state index contributed by atoms with van der Waals surface area (Å²) < 4.78 is 23.3. The Labute approximate surface area is 152 Å². The number of epoxide rings is 1. The van der Waals surface area contributed by atoms with Crippen LogP contribution in [0.4, 0.5) is 0 Å². The summed E-state index contributed by atoms with van der Waals surface area (Å²) in [5.74, 6) is -0.766. The molecule has 144 valence electrons. The number of aliphatic hydroxyl groups excluding tert-OH is 1. The molecule has 2 saturated heterocycles. The third-order valence-electron chi connectivity index (χ3n) is 7.00. The summed E-state index contributed by atoms with van der Waals surface area (Å²) >= 11 is 0. The maximum absolute atomic E-state index is 11.6. The third kappa shape index (κ3) is 2.11. The summed E-state index contributed by atoms with van der Waals surface area (Å²) in [7, 11) is 0. The van der Waals surface area contributed by atoms with Crippen LogP contribution in [0.5, 0.6) is 0 Å². The number of carbonyl (C=O) groups excluding carboxylic acids is 2. The zero-order valence-corrected chi connectivity index (χ0v) is 15.6. The van der Waals surface area contributed by atoms with Gasteiger partial charge in [-0.3, -0.25) is 9.59 Å². The van der Waals surface area contributed by atoms with Crippen molar-refractivity contribution >= 4 is 11.9 Å². The van der Waals surface area contributed by atoms with Gasteiger partial charge < -0.3 is 24.1 Å². The average Bonchev–Trinajstić information content (AvgIpc) is 3.28. The number of aliphatic hydroxyl groups is 1. The molecule has 2 aliphatic carbocycles. The van der Waals surface area contributed by atoms with Gasteiger partial charge in [0.2, 0.25) is 0 Å². The summed E-state index contributed by atoms with van der Waals surface area (Å²) in [5, 5.41) is 11.2. The van der Waals surface area contributed by atoms with E-state index in [1.807, 2.05) is 19.9 Å². The van der Waals surface area contributed by atoms with Crippen LogP contribution >= 0.6 is 0 Å². The molecule has 0 aromatic rings. The quantitative estimate of drug-likeness (QED) is 0.454.